The summed E-state index contributed by atoms with van der Waals surface area (Å²) in [5.74, 6) is -0.874. The monoisotopic (exact) mass is 268 g/mol. The summed E-state index contributed by atoms with van der Waals surface area (Å²) < 4.78 is 0. The van der Waals surface area contributed by atoms with Gasteiger partial charge in [0.2, 0.25) is 0 Å². The summed E-state index contributed by atoms with van der Waals surface area (Å²) >= 11 is 0. The largest absolute Gasteiger partial charge is 0.478 e. The molecule has 1 N–H and O–H groups in total. The van der Waals surface area contributed by atoms with Gasteiger partial charge in [-0.15, -0.1) is 0 Å². The van der Waals surface area contributed by atoms with Crippen molar-refractivity contribution in [3.63, 3.8) is 0 Å². The number of rotatable bonds is 4. The van der Waals surface area contributed by atoms with Crippen molar-refractivity contribution in [3.05, 3.63) is 58.7 Å². The topological polar surface area (TPSA) is 37.3 Å². The molecule has 2 heteroatoms. The SMILES string of the molecule is CCc1ccc(-c2ccc(C)cc2C(=O)O)cc1CC. The third-order valence-corrected chi connectivity index (χ3v) is 3.68. The molecule has 2 rings (SSSR count). The molecule has 0 spiro atoms. The molecule has 2 aromatic carbocycles. The quantitative estimate of drug-likeness (QED) is 0.887. The van der Waals surface area contributed by atoms with Gasteiger partial charge in [0.1, 0.15) is 0 Å². The van der Waals surface area contributed by atoms with Crippen molar-refractivity contribution in [2.45, 2.75) is 33.6 Å². The number of carbonyl (C=O) groups is 1. The maximum atomic E-state index is 11.4. The third kappa shape index (κ3) is 2.74. The van der Waals surface area contributed by atoms with Crippen molar-refractivity contribution in [2.24, 2.45) is 0 Å². The van der Waals surface area contributed by atoms with Crippen LogP contribution in [0.25, 0.3) is 11.1 Å². The van der Waals surface area contributed by atoms with E-state index >= 15 is 0 Å². The lowest BCUT2D eigenvalue weighted by molar-refractivity contribution is 0.0697. The standard InChI is InChI=1S/C18H20O2/c1-4-13-7-8-15(11-14(13)5-2)16-9-6-12(3)10-17(16)18(19)20/h6-11H,4-5H2,1-3H3,(H,19,20). The van der Waals surface area contributed by atoms with E-state index in [1.165, 1.54) is 11.1 Å². The first-order chi connectivity index (χ1) is 9.56. The molecular weight excluding hydrogens is 248 g/mol. The zero-order valence-corrected chi connectivity index (χ0v) is 12.2. The van der Waals surface area contributed by atoms with Gasteiger partial charge in [-0.2, -0.15) is 0 Å². The molecule has 0 radical (unpaired) electrons. The minimum Gasteiger partial charge on any atom is -0.478 e. The predicted molar refractivity (Wildman–Crippen MR) is 82.3 cm³/mol. The second-order valence-corrected chi connectivity index (χ2v) is 5.04. The molecule has 0 aliphatic heterocycles. The Hall–Kier alpha value is -2.09. The van der Waals surface area contributed by atoms with Gasteiger partial charge in [-0.3, -0.25) is 0 Å². The minimum absolute atomic E-state index is 0.372. The molecule has 0 aromatic heterocycles. The van der Waals surface area contributed by atoms with Gasteiger partial charge in [0.25, 0.3) is 0 Å². The molecule has 0 bridgehead atoms. The second kappa shape index (κ2) is 5.91. The Morgan fingerprint density at radius 2 is 1.70 bits per heavy atom. The fraction of sp³-hybridized carbons (Fsp3) is 0.278. The first kappa shape index (κ1) is 14.3. The summed E-state index contributed by atoms with van der Waals surface area (Å²) in [6, 6.07) is 11.8. The molecule has 0 atom stereocenters. The fourth-order valence-electron chi connectivity index (χ4n) is 2.55. The lowest BCUT2D eigenvalue weighted by Crippen LogP contribution is -2.01. The Balaban J connectivity index is 2.59. The van der Waals surface area contributed by atoms with E-state index in [9.17, 15) is 9.90 Å². The number of carboxylic acid groups (broad SMARTS) is 1. The van der Waals surface area contributed by atoms with E-state index in [0.29, 0.717) is 5.56 Å². The zero-order chi connectivity index (χ0) is 14.7. The summed E-state index contributed by atoms with van der Waals surface area (Å²) in [5.41, 5.74) is 5.74. The van der Waals surface area contributed by atoms with E-state index in [0.717, 1.165) is 29.5 Å². The van der Waals surface area contributed by atoms with Crippen molar-refractivity contribution in [1.82, 2.24) is 0 Å². The van der Waals surface area contributed by atoms with E-state index in [2.05, 4.69) is 26.0 Å². The van der Waals surface area contributed by atoms with Gasteiger partial charge in [-0.1, -0.05) is 49.7 Å². The van der Waals surface area contributed by atoms with Crippen LogP contribution < -0.4 is 0 Å². The zero-order valence-electron chi connectivity index (χ0n) is 12.2. The van der Waals surface area contributed by atoms with E-state index in [-0.39, 0.29) is 0 Å². The molecule has 2 aromatic rings. The normalized spacial score (nSPS) is 10.6. The predicted octanol–water partition coefficient (Wildman–Crippen LogP) is 4.49. The van der Waals surface area contributed by atoms with Crippen molar-refractivity contribution in [1.29, 1.82) is 0 Å². The van der Waals surface area contributed by atoms with E-state index in [4.69, 9.17) is 0 Å². The van der Waals surface area contributed by atoms with Crippen LogP contribution in [0.5, 0.6) is 0 Å². The highest BCUT2D eigenvalue weighted by Gasteiger charge is 2.12. The average molecular weight is 268 g/mol. The van der Waals surface area contributed by atoms with Gasteiger partial charge in [0.05, 0.1) is 5.56 Å². The molecule has 104 valence electrons. The molecule has 0 unspecified atom stereocenters. The van der Waals surface area contributed by atoms with Crippen molar-refractivity contribution < 1.29 is 9.90 Å². The molecule has 0 saturated carbocycles. The summed E-state index contributed by atoms with van der Waals surface area (Å²) in [5, 5.41) is 9.38. The van der Waals surface area contributed by atoms with Crippen molar-refractivity contribution >= 4 is 5.97 Å². The number of hydrogen-bond donors (Lipinski definition) is 1. The van der Waals surface area contributed by atoms with E-state index in [1.54, 1.807) is 6.07 Å². The van der Waals surface area contributed by atoms with Gasteiger partial charge in [-0.05, 0) is 48.1 Å². The lowest BCUT2D eigenvalue weighted by atomic mass is 9.93. The molecule has 0 fully saturated rings. The van der Waals surface area contributed by atoms with Gasteiger partial charge in [-0.25, -0.2) is 4.79 Å². The van der Waals surface area contributed by atoms with Crippen LogP contribution in [0.15, 0.2) is 36.4 Å². The summed E-state index contributed by atoms with van der Waals surface area (Å²) in [7, 11) is 0. The highest BCUT2D eigenvalue weighted by molar-refractivity contribution is 5.96. The molecular formula is C18H20O2. The highest BCUT2D eigenvalue weighted by atomic mass is 16.4. The average Bonchev–Trinajstić information content (AvgIpc) is 2.46. The molecule has 0 heterocycles. The molecule has 2 nitrogen and oxygen atoms in total. The second-order valence-electron chi connectivity index (χ2n) is 5.04. The van der Waals surface area contributed by atoms with Crippen LogP contribution in [-0.2, 0) is 12.8 Å². The van der Waals surface area contributed by atoms with Gasteiger partial charge >= 0.3 is 5.97 Å². The number of benzene rings is 2. The van der Waals surface area contributed by atoms with Crippen molar-refractivity contribution in [3.8, 4) is 11.1 Å². The molecule has 0 saturated heterocycles. The first-order valence-corrected chi connectivity index (χ1v) is 7.03. The highest BCUT2D eigenvalue weighted by Crippen LogP contribution is 2.27. The maximum Gasteiger partial charge on any atom is 0.336 e. The fourth-order valence-corrected chi connectivity index (χ4v) is 2.55. The van der Waals surface area contributed by atoms with Gasteiger partial charge in [0, 0.05) is 0 Å². The van der Waals surface area contributed by atoms with Crippen molar-refractivity contribution in [2.75, 3.05) is 0 Å². The van der Waals surface area contributed by atoms with Crippen LogP contribution in [0.3, 0.4) is 0 Å². The molecule has 0 aliphatic rings. The summed E-state index contributed by atoms with van der Waals surface area (Å²) in [6.45, 7) is 6.18. The number of carboxylic acids is 1. The van der Waals surface area contributed by atoms with Crippen LogP contribution in [0, 0.1) is 6.92 Å². The minimum atomic E-state index is -0.874. The van der Waals surface area contributed by atoms with Crippen LogP contribution >= 0.6 is 0 Å². The van der Waals surface area contributed by atoms with Crippen LogP contribution in [0.4, 0.5) is 0 Å². The number of hydrogen-bond acceptors (Lipinski definition) is 1. The maximum absolute atomic E-state index is 11.4. The Morgan fingerprint density at radius 3 is 2.30 bits per heavy atom. The lowest BCUT2D eigenvalue weighted by Gasteiger charge is -2.12. The number of aryl methyl sites for hydroxylation is 3. The molecule has 0 amide bonds. The smallest absolute Gasteiger partial charge is 0.336 e. The Kier molecular flexibility index (Phi) is 4.23. The van der Waals surface area contributed by atoms with Crippen LogP contribution in [0.1, 0.15) is 40.9 Å². The summed E-state index contributed by atoms with van der Waals surface area (Å²) in [4.78, 5) is 11.4. The van der Waals surface area contributed by atoms with Crippen LogP contribution in [0.2, 0.25) is 0 Å². The molecule has 20 heavy (non-hydrogen) atoms. The first-order valence-electron chi connectivity index (χ1n) is 7.03. The Morgan fingerprint density at radius 1 is 1.00 bits per heavy atom. The van der Waals surface area contributed by atoms with Gasteiger partial charge < -0.3 is 5.11 Å². The van der Waals surface area contributed by atoms with E-state index in [1.807, 2.05) is 25.1 Å². The van der Waals surface area contributed by atoms with Gasteiger partial charge in [0.15, 0.2) is 0 Å². The molecule has 0 aliphatic carbocycles. The Bertz CT molecular complexity index is 642. The third-order valence-electron chi connectivity index (χ3n) is 3.68. The summed E-state index contributed by atoms with van der Waals surface area (Å²) in [6.07, 6.45) is 1.97. The number of aromatic carboxylic acids is 1. The Labute approximate surface area is 120 Å². The van der Waals surface area contributed by atoms with E-state index < -0.39 is 5.97 Å². The van der Waals surface area contributed by atoms with Crippen LogP contribution in [-0.4, -0.2) is 11.1 Å².